The fourth-order valence-corrected chi connectivity index (χ4v) is 13.0. The molecule has 4 aromatic rings. The number of nitrogens with one attached hydrogen (secondary N) is 2. The van der Waals surface area contributed by atoms with Crippen molar-refractivity contribution >= 4 is 104 Å². The van der Waals surface area contributed by atoms with Crippen LogP contribution in [0.4, 0.5) is 17.6 Å². The van der Waals surface area contributed by atoms with E-state index in [9.17, 15) is 48.8 Å². The van der Waals surface area contributed by atoms with Crippen LogP contribution in [0.3, 0.4) is 0 Å². The Balaban J connectivity index is 0.000000320. The van der Waals surface area contributed by atoms with Crippen molar-refractivity contribution < 1.29 is 88.4 Å². The number of carbonyl (C=O) groups is 3. The monoisotopic (exact) mass is 1170 g/mol. The summed E-state index contributed by atoms with van der Waals surface area (Å²) < 4.78 is 124. The molecule has 2 saturated heterocycles. The number of aromatic nitrogens is 2. The van der Waals surface area contributed by atoms with Crippen molar-refractivity contribution in [3.63, 3.8) is 0 Å². The van der Waals surface area contributed by atoms with E-state index in [1.807, 2.05) is 0 Å². The molecule has 19 nitrogen and oxygen atoms in total. The number of sulfonamides is 2. The molecule has 403 valence electrons. The third-order valence-electron chi connectivity index (χ3n) is 12.3. The molecule has 0 aliphatic carbocycles. The van der Waals surface area contributed by atoms with Crippen LogP contribution in [0.5, 0.6) is 0 Å². The standard InChI is InChI=1S/C23H23ClF2N4O6S2.C22H23ClF2N4O5S2.B.Li.H/c1-35-15(31)11-38(33,34)30-8-5-12(6-9-30)19-16(23(32)36-2)20(13-3-4-14(25)18(26)17(13)24)29-21(28-19)22-27-7-10-37-22;1-34-22(31)15-18(12-4-7-29(8-5-12)36(32,33)11-9-30)27-20(21-26-6-10-35-21)28-19(15)13-2-3-14(24)17(25)16(13)23;;;/h3-4,7,10,12,20H,5-6,8-9,11H2,1-2H3,(H,28,29);2-3,6,10,12,19,30H,4-5,7-9,11H2,1H3,(H,27,28);;;/q;;;+1;-1. The maximum atomic E-state index is 14.4. The number of aliphatic hydroxyl groups is 1. The molecule has 4 aliphatic rings. The summed E-state index contributed by atoms with van der Waals surface area (Å²) in [5.74, 6) is -8.41. The van der Waals surface area contributed by atoms with Gasteiger partial charge in [-0.25, -0.2) is 62.6 Å². The summed E-state index contributed by atoms with van der Waals surface area (Å²) >= 11 is 14.9. The summed E-state index contributed by atoms with van der Waals surface area (Å²) in [5, 5.41) is 18.8. The summed E-state index contributed by atoms with van der Waals surface area (Å²) in [4.78, 5) is 55.3. The zero-order chi connectivity index (χ0) is 53.6. The van der Waals surface area contributed by atoms with Gasteiger partial charge >= 0.3 is 36.8 Å². The van der Waals surface area contributed by atoms with Crippen LogP contribution < -0.4 is 29.5 Å². The van der Waals surface area contributed by atoms with E-state index in [0.29, 0.717) is 40.1 Å². The molecule has 6 heterocycles. The summed E-state index contributed by atoms with van der Waals surface area (Å²) in [5.41, 5.74) is 1.07. The Morgan fingerprint density at radius 2 is 1.09 bits per heavy atom. The number of carbonyl (C=O) groups excluding carboxylic acids is 3. The van der Waals surface area contributed by atoms with E-state index in [-0.39, 0.29) is 113 Å². The van der Waals surface area contributed by atoms with Gasteiger partial charge in [0.05, 0.1) is 54.9 Å². The van der Waals surface area contributed by atoms with Crippen molar-refractivity contribution in [1.29, 1.82) is 0 Å². The first-order valence-corrected chi connectivity index (χ1v) is 28.0. The SMILES string of the molecule is COC(=O)C1=C(C2CCN(S(=O)(=O)CCO)CC2)NC(c2nccs2)=NC1c1ccc(F)c(F)c1Cl.COC(=O)CS(=O)(=O)N1CCC(C2=C(C(=O)OC)C(c3ccc(F)c(F)c3Cl)N=C(c3nccs3)N2)CC1.[B].[H-].[Li+]. The summed E-state index contributed by atoms with van der Waals surface area (Å²) in [6.45, 7) is 0.0135. The second kappa shape index (κ2) is 26.8. The predicted molar refractivity (Wildman–Crippen MR) is 272 cm³/mol. The smallest absolute Gasteiger partial charge is 1.00 e. The number of aliphatic imine (C=N–C) groups is 2. The minimum atomic E-state index is -3.89. The van der Waals surface area contributed by atoms with Gasteiger partial charge in [-0.15, -0.1) is 22.7 Å². The van der Waals surface area contributed by atoms with E-state index >= 15 is 0 Å². The fourth-order valence-electron chi connectivity index (χ4n) is 8.68. The average Bonchev–Trinajstić information content (AvgIpc) is 4.16. The van der Waals surface area contributed by atoms with Crippen LogP contribution in [0.15, 0.2) is 79.9 Å². The van der Waals surface area contributed by atoms with E-state index in [2.05, 4.69) is 35.3 Å². The maximum Gasteiger partial charge on any atom is 1.00 e. The molecule has 4 aliphatic heterocycles. The zero-order valence-electron chi connectivity index (χ0n) is 41.9. The van der Waals surface area contributed by atoms with Gasteiger partial charge in [-0.1, -0.05) is 35.3 Å². The van der Waals surface area contributed by atoms with Crippen LogP contribution >= 0.6 is 45.9 Å². The number of benzene rings is 2. The second-order valence-electron chi connectivity index (χ2n) is 16.6. The fraction of sp³-hybridized carbons (Fsp3) is 0.400. The zero-order valence-corrected chi connectivity index (χ0v) is 45.7. The van der Waals surface area contributed by atoms with Crippen molar-refractivity contribution in [2.24, 2.45) is 21.8 Å². The predicted octanol–water partition coefficient (Wildman–Crippen LogP) is 2.17. The number of amidine groups is 2. The number of esters is 3. The number of halogens is 6. The Labute approximate surface area is 468 Å². The maximum absolute atomic E-state index is 14.4. The Bertz CT molecular complexity index is 3160. The number of piperidine rings is 2. The molecule has 2 aromatic carbocycles. The number of methoxy groups -OCH3 is 3. The first-order valence-electron chi connectivity index (χ1n) is 22.3. The minimum Gasteiger partial charge on any atom is -1.00 e. The van der Waals surface area contributed by atoms with Gasteiger partial charge in [0.2, 0.25) is 20.0 Å². The van der Waals surface area contributed by atoms with Gasteiger partial charge in [0.1, 0.15) is 12.1 Å². The molecular formula is C45H47BCl2F4LiN8O11S4. The molecule has 0 saturated carbocycles. The molecule has 2 fully saturated rings. The van der Waals surface area contributed by atoms with Gasteiger partial charge in [0, 0.05) is 92.1 Å². The number of allylic oxidation sites excluding steroid dienone is 2. The van der Waals surface area contributed by atoms with Gasteiger partial charge in [-0.05, 0) is 37.8 Å². The molecule has 31 heteroatoms. The van der Waals surface area contributed by atoms with Crippen molar-refractivity contribution in [3.05, 3.63) is 124 Å². The van der Waals surface area contributed by atoms with Crippen molar-refractivity contribution in [2.45, 2.75) is 37.8 Å². The van der Waals surface area contributed by atoms with Gasteiger partial charge in [0.25, 0.3) is 0 Å². The van der Waals surface area contributed by atoms with E-state index in [0.717, 1.165) is 19.2 Å². The van der Waals surface area contributed by atoms with Crippen LogP contribution in [-0.4, -0.2) is 144 Å². The minimum absolute atomic E-state index is 0. The van der Waals surface area contributed by atoms with Crippen molar-refractivity contribution in [3.8, 4) is 0 Å². The third-order valence-corrected chi connectivity index (χ3v) is 18.3. The van der Waals surface area contributed by atoms with Crippen molar-refractivity contribution in [2.75, 3.05) is 65.6 Å². The first-order chi connectivity index (χ1) is 35.2. The number of hydrogen-bond donors (Lipinski definition) is 3. The molecule has 3 radical (unpaired) electrons. The van der Waals surface area contributed by atoms with Gasteiger partial charge < -0.3 is 31.4 Å². The third kappa shape index (κ3) is 13.6. The summed E-state index contributed by atoms with van der Waals surface area (Å²) in [6, 6.07) is 2.06. The van der Waals surface area contributed by atoms with Crippen LogP contribution in [0.2, 0.25) is 10.0 Å². The molecule has 2 aromatic heterocycles. The molecule has 8 rings (SSSR count). The van der Waals surface area contributed by atoms with Gasteiger partial charge in [-0.3, -0.25) is 14.8 Å². The molecule has 0 spiro atoms. The molecule has 76 heavy (non-hydrogen) atoms. The number of aliphatic hydroxyl groups excluding tert-OH is 1. The molecule has 0 amide bonds. The number of nitrogens with zero attached hydrogens (tertiary/aromatic N) is 6. The summed E-state index contributed by atoms with van der Waals surface area (Å²) in [6.07, 6.45) is 4.42. The average molecular weight is 1170 g/mol. The number of ether oxygens (including phenoxy) is 3. The Morgan fingerprint density at radius 3 is 1.43 bits per heavy atom. The largest absolute Gasteiger partial charge is 1.00 e. The van der Waals surface area contributed by atoms with Gasteiger partial charge in [-0.2, -0.15) is 0 Å². The van der Waals surface area contributed by atoms with Crippen molar-refractivity contribution in [1.82, 2.24) is 29.2 Å². The molecule has 2 atom stereocenters. The van der Waals surface area contributed by atoms with E-state index < -0.39 is 95.7 Å². The molecule has 0 bridgehead atoms. The Kier molecular flexibility index (Phi) is 21.9. The Hall–Kier alpha value is -4.73. The van der Waals surface area contributed by atoms with E-state index in [4.69, 9.17) is 37.8 Å². The summed E-state index contributed by atoms with van der Waals surface area (Å²) in [7, 11) is -4.02. The van der Waals surface area contributed by atoms with Crippen LogP contribution in [0.1, 0.15) is 60.3 Å². The van der Waals surface area contributed by atoms with Gasteiger partial charge in [0.15, 0.2) is 50.7 Å². The number of thiazole rings is 2. The second-order valence-corrected chi connectivity index (χ2v) is 23.2. The quantitative estimate of drug-likeness (QED) is 0.0539. The Morgan fingerprint density at radius 1 is 0.697 bits per heavy atom. The van der Waals surface area contributed by atoms with Crippen LogP contribution in [0, 0.1) is 35.1 Å². The van der Waals surface area contributed by atoms with Crippen LogP contribution in [-0.2, 0) is 48.6 Å². The number of hydrogen-bond acceptors (Lipinski definition) is 19. The van der Waals surface area contributed by atoms with Crippen LogP contribution in [0.25, 0.3) is 0 Å². The van der Waals surface area contributed by atoms with E-state index in [1.165, 1.54) is 57.6 Å². The topological polar surface area (TPSA) is 248 Å². The number of rotatable bonds is 14. The molecular weight excluding hydrogens is 1120 g/mol. The molecule has 2 unspecified atom stereocenters. The van der Waals surface area contributed by atoms with E-state index in [1.54, 1.807) is 23.2 Å². The molecule has 3 N–H and O–H groups in total. The first kappa shape index (κ1) is 62.1. The normalized spacial score (nSPS) is 18.9.